The van der Waals surface area contributed by atoms with Crippen molar-refractivity contribution >= 4 is 0 Å². The number of para-hydroxylation sites is 1. The van der Waals surface area contributed by atoms with Crippen LogP contribution in [0, 0.1) is 6.36 Å². The van der Waals surface area contributed by atoms with Crippen molar-refractivity contribution in [3.63, 3.8) is 0 Å². The molecule has 2 nitrogen and oxygen atoms in total. The molecule has 0 atom stereocenters. The molecule has 0 aliphatic carbocycles. The smallest absolute Gasteiger partial charge is 0.453 e. The summed E-state index contributed by atoms with van der Waals surface area (Å²) in [6, 6.07) is 5.14. The van der Waals surface area contributed by atoms with E-state index < -0.39 is 36.4 Å². The normalized spacial score (nSPS) is 13.6. The molecular weight excluding hydrogens is 393 g/mol. The first-order valence-corrected chi connectivity index (χ1v) is 5.37. The third-order valence-electron chi connectivity index (χ3n) is 2.16. The van der Waals surface area contributed by atoms with Crippen molar-refractivity contribution in [1.82, 2.24) is 0 Å². The van der Waals surface area contributed by atoms with Crippen molar-refractivity contribution in [3.05, 3.63) is 36.7 Å². The first-order valence-electron chi connectivity index (χ1n) is 5.37. The molecule has 0 heterocycles. The van der Waals surface area contributed by atoms with E-state index >= 15 is 0 Å². The van der Waals surface area contributed by atoms with Crippen LogP contribution in [-0.4, -0.2) is 24.3 Å². The fraction of sp³-hybridized carbons (Fsp3) is 0.364. The van der Waals surface area contributed by atoms with Crippen LogP contribution in [0.25, 0.3) is 0 Å². The van der Waals surface area contributed by atoms with Crippen LogP contribution in [0.15, 0.2) is 30.3 Å². The summed E-state index contributed by atoms with van der Waals surface area (Å²) in [5.74, 6) is -7.71. The molecule has 0 amide bonds. The van der Waals surface area contributed by atoms with E-state index in [1.165, 1.54) is 6.07 Å². The van der Waals surface area contributed by atoms with E-state index in [0.717, 1.165) is 24.3 Å². The van der Waals surface area contributed by atoms with E-state index in [9.17, 15) is 43.9 Å². The summed E-state index contributed by atoms with van der Waals surface area (Å²) in [5.41, 5.74) is 0. The molecule has 1 rings (SSSR count). The quantitative estimate of drug-likeness (QED) is 0.414. The molecule has 24 heavy (non-hydrogen) atoms. The van der Waals surface area contributed by atoms with E-state index in [2.05, 4.69) is 9.47 Å². The number of alkyl halides is 9. The summed E-state index contributed by atoms with van der Waals surface area (Å²) in [6.07, 6.45) is -22.5. The Morgan fingerprint density at radius 3 is 1.67 bits per heavy atom. The summed E-state index contributed by atoms with van der Waals surface area (Å²) >= 11 is 0. The van der Waals surface area contributed by atoms with Gasteiger partial charge in [-0.25, -0.2) is 0 Å². The maximum Gasteiger partial charge on any atom is 1.00 e. The largest absolute Gasteiger partial charge is 1.00 e. The van der Waals surface area contributed by atoms with Crippen LogP contribution in [0.2, 0.25) is 0 Å². The Kier molecular flexibility index (Phi) is 8.05. The van der Waals surface area contributed by atoms with Crippen LogP contribution in [-0.2, 0) is 4.74 Å². The van der Waals surface area contributed by atoms with Gasteiger partial charge in [0.15, 0.2) is 0 Å². The van der Waals surface area contributed by atoms with Gasteiger partial charge < -0.3 is 13.9 Å². The zero-order chi connectivity index (χ0) is 18.1. The second-order valence-corrected chi connectivity index (χ2v) is 3.90. The van der Waals surface area contributed by atoms with E-state index in [0.29, 0.717) is 0 Å². The third kappa shape index (κ3) is 5.46. The zero-order valence-electron chi connectivity index (χ0n) is 11.5. The molecule has 0 fully saturated rings. The number of benzene rings is 1. The maximum absolute atomic E-state index is 13.1. The van der Waals surface area contributed by atoms with Gasteiger partial charge in [-0.3, -0.25) is 0 Å². The Hall–Kier alpha value is -0.0836. The molecule has 0 spiro atoms. The topological polar surface area (TPSA) is 18.5 Å². The SMILES string of the molecule is F[C-](OC(F)(F)C(F)(F)C(F)(F)F)C(F)(F)Oc1ccccc1.[K+]. The van der Waals surface area contributed by atoms with E-state index in [4.69, 9.17) is 0 Å². The van der Waals surface area contributed by atoms with Crippen molar-refractivity contribution in [2.24, 2.45) is 0 Å². The van der Waals surface area contributed by atoms with Crippen LogP contribution in [0.4, 0.5) is 43.9 Å². The van der Waals surface area contributed by atoms with E-state index in [1.807, 2.05) is 0 Å². The van der Waals surface area contributed by atoms with Crippen LogP contribution < -0.4 is 56.1 Å². The maximum atomic E-state index is 13.1. The van der Waals surface area contributed by atoms with Gasteiger partial charge in [0.2, 0.25) is 0 Å². The number of rotatable bonds is 6. The standard InChI is InChI=1S/C11H5F10O2.K/c12-7(8(13,14)22-6-4-2-1-3-5-6)23-11(20,21)9(15,16)10(17,18)19;/h1-5H;/q-1;+1. The third-order valence-corrected chi connectivity index (χ3v) is 2.16. The summed E-state index contributed by atoms with van der Waals surface area (Å²) in [7, 11) is 0. The van der Waals surface area contributed by atoms with Crippen LogP contribution in [0.5, 0.6) is 5.75 Å². The van der Waals surface area contributed by atoms with Crippen molar-refractivity contribution in [2.75, 3.05) is 0 Å². The minimum absolute atomic E-state index is 0. The van der Waals surface area contributed by atoms with Crippen LogP contribution >= 0.6 is 0 Å². The molecule has 0 unspecified atom stereocenters. The Morgan fingerprint density at radius 2 is 1.25 bits per heavy atom. The first kappa shape index (κ1) is 23.9. The van der Waals surface area contributed by atoms with Crippen molar-refractivity contribution in [1.29, 1.82) is 0 Å². The van der Waals surface area contributed by atoms with Gasteiger partial charge in [-0.05, 0) is 12.1 Å². The molecule has 0 bridgehead atoms. The number of hydrogen-bond acceptors (Lipinski definition) is 2. The van der Waals surface area contributed by atoms with Gasteiger partial charge in [-0.1, -0.05) is 18.2 Å². The molecule has 1 aromatic carbocycles. The van der Waals surface area contributed by atoms with Gasteiger partial charge in [0, 0.05) is 0 Å². The van der Waals surface area contributed by atoms with Gasteiger partial charge in [0.25, 0.3) is 0 Å². The predicted molar refractivity (Wildman–Crippen MR) is 53.4 cm³/mol. The molecule has 0 saturated carbocycles. The van der Waals surface area contributed by atoms with Crippen LogP contribution in [0.3, 0.4) is 0 Å². The summed E-state index contributed by atoms with van der Waals surface area (Å²) in [6.45, 7) is 0. The van der Waals surface area contributed by atoms with Gasteiger partial charge in [-0.15, -0.1) is 0 Å². The molecular formula is C11H5F10KO2. The number of halogens is 10. The van der Waals surface area contributed by atoms with Crippen molar-refractivity contribution in [2.45, 2.75) is 24.3 Å². The van der Waals surface area contributed by atoms with Crippen LogP contribution in [0.1, 0.15) is 0 Å². The fourth-order valence-electron chi connectivity index (χ4n) is 1.08. The molecule has 1 aromatic rings. The molecule has 13 heteroatoms. The molecule has 0 saturated heterocycles. The summed E-state index contributed by atoms with van der Waals surface area (Å²) < 4.78 is 130. The summed E-state index contributed by atoms with van der Waals surface area (Å²) in [4.78, 5) is 0. The van der Waals surface area contributed by atoms with E-state index in [-0.39, 0.29) is 51.4 Å². The zero-order valence-corrected chi connectivity index (χ0v) is 14.6. The molecule has 0 aromatic heterocycles. The minimum atomic E-state index is -6.92. The molecule has 0 aliphatic rings. The molecule has 0 aliphatic heterocycles. The Bertz CT molecular complexity index is 519. The number of hydrogen-bond donors (Lipinski definition) is 0. The predicted octanol–water partition coefficient (Wildman–Crippen LogP) is 1.93. The number of ether oxygens (including phenoxy) is 2. The second kappa shape index (κ2) is 8.08. The Labute approximate surface area is 170 Å². The molecule has 132 valence electrons. The molecule has 0 N–H and O–H groups in total. The molecule has 0 radical (unpaired) electrons. The monoisotopic (exact) mass is 398 g/mol. The van der Waals surface area contributed by atoms with E-state index in [1.54, 1.807) is 0 Å². The van der Waals surface area contributed by atoms with Gasteiger partial charge in [-0.2, -0.15) is 39.5 Å². The second-order valence-electron chi connectivity index (χ2n) is 3.90. The fourth-order valence-corrected chi connectivity index (χ4v) is 1.08. The summed E-state index contributed by atoms with van der Waals surface area (Å²) in [5, 5.41) is 0. The van der Waals surface area contributed by atoms with Gasteiger partial charge >= 0.3 is 75.7 Å². The minimum Gasteiger partial charge on any atom is -0.453 e. The van der Waals surface area contributed by atoms with Crippen molar-refractivity contribution < 1.29 is 105 Å². The average Bonchev–Trinajstić information content (AvgIpc) is 2.37. The van der Waals surface area contributed by atoms with Gasteiger partial charge in [0.1, 0.15) is 5.75 Å². The first-order chi connectivity index (χ1) is 10.2. The Morgan fingerprint density at radius 1 is 0.792 bits per heavy atom. The average molecular weight is 398 g/mol. The Balaban J connectivity index is 0.00000529. The van der Waals surface area contributed by atoms with Crippen molar-refractivity contribution in [3.8, 4) is 5.75 Å². The van der Waals surface area contributed by atoms with Gasteiger partial charge in [0.05, 0.1) is 6.36 Å².